The molecular formula is C19H27NO2. The fourth-order valence-corrected chi connectivity index (χ4v) is 5.74. The Morgan fingerprint density at radius 2 is 2.14 bits per heavy atom. The van der Waals surface area contributed by atoms with Crippen molar-refractivity contribution in [1.82, 2.24) is 0 Å². The first kappa shape index (κ1) is 14.5. The minimum atomic E-state index is -0.314. The lowest BCUT2D eigenvalue weighted by atomic mass is 9.55. The van der Waals surface area contributed by atoms with E-state index in [0.717, 1.165) is 25.0 Å². The molecule has 0 bridgehead atoms. The van der Waals surface area contributed by atoms with Crippen LogP contribution in [0.1, 0.15) is 49.7 Å². The van der Waals surface area contributed by atoms with Crippen molar-refractivity contribution in [2.45, 2.75) is 57.1 Å². The molecule has 3 aliphatic carbocycles. The van der Waals surface area contributed by atoms with Gasteiger partial charge < -0.3 is 15.6 Å². The molecule has 2 saturated carbocycles. The van der Waals surface area contributed by atoms with E-state index < -0.39 is 0 Å². The zero-order valence-electron chi connectivity index (χ0n) is 13.6. The van der Waals surface area contributed by atoms with Crippen molar-refractivity contribution >= 4 is 0 Å². The van der Waals surface area contributed by atoms with Crippen molar-refractivity contribution < 1.29 is 9.84 Å². The van der Waals surface area contributed by atoms with Crippen molar-refractivity contribution in [2.24, 2.45) is 23.0 Å². The predicted octanol–water partition coefficient (Wildman–Crippen LogP) is 2.85. The van der Waals surface area contributed by atoms with Gasteiger partial charge in [-0.3, -0.25) is 0 Å². The summed E-state index contributed by atoms with van der Waals surface area (Å²) in [5.74, 6) is 2.87. The number of hydrogen-bond acceptors (Lipinski definition) is 3. The summed E-state index contributed by atoms with van der Waals surface area (Å²) in [5.41, 5.74) is 9.47. The van der Waals surface area contributed by atoms with Crippen molar-refractivity contribution in [1.29, 1.82) is 0 Å². The van der Waals surface area contributed by atoms with Gasteiger partial charge in [0.2, 0.25) is 0 Å². The van der Waals surface area contributed by atoms with Gasteiger partial charge in [-0.2, -0.15) is 0 Å². The highest BCUT2D eigenvalue weighted by Gasteiger charge is 2.56. The topological polar surface area (TPSA) is 55.5 Å². The molecule has 120 valence electrons. The molecule has 3 heteroatoms. The van der Waals surface area contributed by atoms with Gasteiger partial charge in [0, 0.05) is 6.04 Å². The summed E-state index contributed by atoms with van der Waals surface area (Å²) in [7, 11) is 1.74. The van der Waals surface area contributed by atoms with Gasteiger partial charge in [-0.05, 0) is 78.5 Å². The van der Waals surface area contributed by atoms with E-state index >= 15 is 0 Å². The summed E-state index contributed by atoms with van der Waals surface area (Å²) in [6.45, 7) is 2.32. The average Bonchev–Trinajstić information content (AvgIpc) is 2.77. The van der Waals surface area contributed by atoms with E-state index in [1.165, 1.54) is 24.0 Å². The SMILES string of the molecule is COc1ccc2c(c1)CC[C@@H]1[C@@H]2CC[C@]2(C)[C@@H](N)[C@@H](O)C[C@@H]12. The van der Waals surface area contributed by atoms with Gasteiger partial charge in [-0.25, -0.2) is 0 Å². The molecule has 0 aliphatic heterocycles. The molecule has 3 aliphatic rings. The summed E-state index contributed by atoms with van der Waals surface area (Å²) >= 11 is 0. The van der Waals surface area contributed by atoms with Gasteiger partial charge in [0.05, 0.1) is 13.2 Å². The van der Waals surface area contributed by atoms with Crippen LogP contribution in [0.5, 0.6) is 5.75 Å². The van der Waals surface area contributed by atoms with Crippen molar-refractivity contribution in [3.63, 3.8) is 0 Å². The molecular weight excluding hydrogens is 274 g/mol. The molecule has 1 aromatic carbocycles. The van der Waals surface area contributed by atoms with Crippen LogP contribution >= 0.6 is 0 Å². The average molecular weight is 301 g/mol. The number of rotatable bonds is 1. The molecule has 4 rings (SSSR count). The maximum atomic E-state index is 10.3. The van der Waals surface area contributed by atoms with E-state index in [-0.39, 0.29) is 17.6 Å². The van der Waals surface area contributed by atoms with E-state index in [0.29, 0.717) is 17.8 Å². The molecule has 6 atom stereocenters. The smallest absolute Gasteiger partial charge is 0.119 e. The highest BCUT2D eigenvalue weighted by molar-refractivity contribution is 5.40. The first-order valence-corrected chi connectivity index (χ1v) is 8.65. The molecule has 0 spiro atoms. The van der Waals surface area contributed by atoms with Crippen LogP contribution in [0.4, 0.5) is 0 Å². The quantitative estimate of drug-likeness (QED) is 0.838. The Labute approximate surface area is 132 Å². The van der Waals surface area contributed by atoms with Crippen LogP contribution in [0.3, 0.4) is 0 Å². The first-order valence-electron chi connectivity index (χ1n) is 8.65. The number of methoxy groups -OCH3 is 1. The largest absolute Gasteiger partial charge is 0.497 e. The van der Waals surface area contributed by atoms with Gasteiger partial charge in [-0.15, -0.1) is 0 Å². The van der Waals surface area contributed by atoms with Crippen molar-refractivity contribution in [2.75, 3.05) is 7.11 Å². The molecule has 1 aromatic rings. The van der Waals surface area contributed by atoms with E-state index in [1.54, 1.807) is 7.11 Å². The van der Waals surface area contributed by atoms with Crippen LogP contribution in [-0.4, -0.2) is 24.4 Å². The maximum Gasteiger partial charge on any atom is 0.119 e. The van der Waals surface area contributed by atoms with Gasteiger partial charge in [-0.1, -0.05) is 13.0 Å². The second-order valence-electron chi connectivity index (χ2n) is 7.85. The molecule has 0 amide bonds. The van der Waals surface area contributed by atoms with Gasteiger partial charge in [0.15, 0.2) is 0 Å². The monoisotopic (exact) mass is 301 g/mol. The molecule has 0 radical (unpaired) electrons. The molecule has 2 fully saturated rings. The first-order chi connectivity index (χ1) is 10.5. The zero-order chi connectivity index (χ0) is 15.5. The Hall–Kier alpha value is -1.06. The summed E-state index contributed by atoms with van der Waals surface area (Å²) in [6.07, 6.45) is 5.28. The lowest BCUT2D eigenvalue weighted by Gasteiger charge is -2.50. The van der Waals surface area contributed by atoms with Crippen LogP contribution in [0.25, 0.3) is 0 Å². The van der Waals surface area contributed by atoms with E-state index in [1.807, 2.05) is 0 Å². The minimum Gasteiger partial charge on any atom is -0.497 e. The number of aliphatic hydroxyl groups excluding tert-OH is 1. The minimum absolute atomic E-state index is 0.0456. The van der Waals surface area contributed by atoms with Crippen LogP contribution in [-0.2, 0) is 6.42 Å². The molecule has 0 saturated heterocycles. The third-order valence-electron chi connectivity index (χ3n) is 7.04. The molecule has 3 N–H and O–H groups in total. The van der Waals surface area contributed by atoms with Gasteiger partial charge in [0.25, 0.3) is 0 Å². The summed E-state index contributed by atoms with van der Waals surface area (Å²) in [5, 5.41) is 10.3. The molecule has 0 unspecified atom stereocenters. The lowest BCUT2D eigenvalue weighted by Crippen LogP contribution is -2.48. The second-order valence-corrected chi connectivity index (χ2v) is 7.85. The van der Waals surface area contributed by atoms with Crippen molar-refractivity contribution in [3.05, 3.63) is 29.3 Å². The normalized spacial score (nSPS) is 43.2. The summed E-state index contributed by atoms with van der Waals surface area (Å²) < 4.78 is 5.38. The van der Waals surface area contributed by atoms with Crippen LogP contribution < -0.4 is 10.5 Å². The fourth-order valence-electron chi connectivity index (χ4n) is 5.74. The number of aryl methyl sites for hydroxylation is 1. The highest BCUT2D eigenvalue weighted by atomic mass is 16.5. The molecule has 0 heterocycles. The number of benzene rings is 1. The summed E-state index contributed by atoms with van der Waals surface area (Å²) in [6, 6.07) is 6.55. The Morgan fingerprint density at radius 1 is 1.32 bits per heavy atom. The van der Waals surface area contributed by atoms with E-state index in [2.05, 4.69) is 25.1 Å². The Kier molecular flexibility index (Phi) is 3.28. The highest BCUT2D eigenvalue weighted by Crippen LogP contribution is 2.60. The number of ether oxygens (including phenoxy) is 1. The Morgan fingerprint density at radius 3 is 2.91 bits per heavy atom. The fraction of sp³-hybridized carbons (Fsp3) is 0.684. The van der Waals surface area contributed by atoms with Gasteiger partial charge >= 0.3 is 0 Å². The van der Waals surface area contributed by atoms with E-state index in [9.17, 15) is 5.11 Å². The van der Waals surface area contributed by atoms with Gasteiger partial charge in [0.1, 0.15) is 5.75 Å². The third kappa shape index (κ3) is 1.88. The predicted molar refractivity (Wildman–Crippen MR) is 87.0 cm³/mol. The molecule has 0 aromatic heterocycles. The number of aliphatic hydroxyl groups is 1. The standard InChI is InChI=1S/C19H27NO2/c1-19-8-7-14-13-6-4-12(22-2)9-11(13)3-5-15(14)16(19)10-17(21)18(19)20/h4,6,9,14-18,21H,3,5,7-8,10,20H2,1-2H3/t14-,15-,16+,17+,18+,19+/m1/s1. The lowest BCUT2D eigenvalue weighted by molar-refractivity contribution is 0.0472. The number of nitrogens with two attached hydrogens (primary N) is 1. The number of hydrogen-bond donors (Lipinski definition) is 2. The maximum absolute atomic E-state index is 10.3. The van der Waals surface area contributed by atoms with Crippen LogP contribution in [0.15, 0.2) is 18.2 Å². The Balaban J connectivity index is 1.69. The second kappa shape index (κ2) is 4.97. The number of fused-ring (bicyclic) bond motifs is 5. The molecule has 22 heavy (non-hydrogen) atoms. The van der Waals surface area contributed by atoms with E-state index in [4.69, 9.17) is 10.5 Å². The van der Waals surface area contributed by atoms with Crippen molar-refractivity contribution in [3.8, 4) is 5.75 Å². The third-order valence-corrected chi connectivity index (χ3v) is 7.04. The molecule has 3 nitrogen and oxygen atoms in total. The zero-order valence-corrected chi connectivity index (χ0v) is 13.6. The van der Waals surface area contributed by atoms with Crippen LogP contribution in [0, 0.1) is 17.3 Å². The van der Waals surface area contributed by atoms with Crippen LogP contribution in [0.2, 0.25) is 0 Å². The Bertz CT molecular complexity index is 587. The summed E-state index contributed by atoms with van der Waals surface area (Å²) in [4.78, 5) is 0.